The molecule has 0 saturated carbocycles. The van der Waals surface area contributed by atoms with Crippen molar-refractivity contribution >= 4 is 5.97 Å². The highest BCUT2D eigenvalue weighted by Crippen LogP contribution is 2.19. The first-order valence-electron chi connectivity index (χ1n) is 4.09. The molecule has 0 saturated heterocycles. The van der Waals surface area contributed by atoms with E-state index in [1.54, 1.807) is 0 Å². The molecular weight excluding hydrogens is 152 g/mol. The fourth-order valence-electron chi connectivity index (χ4n) is 1.24. The molecule has 0 aliphatic heterocycles. The van der Waals surface area contributed by atoms with Crippen LogP contribution in [-0.2, 0) is 9.53 Å². The Morgan fingerprint density at radius 3 is 3.08 bits per heavy atom. The van der Waals surface area contributed by atoms with Crippen LogP contribution in [0.25, 0.3) is 0 Å². The van der Waals surface area contributed by atoms with Crippen LogP contribution in [0, 0.1) is 18.3 Å². The van der Waals surface area contributed by atoms with Gasteiger partial charge in [0, 0.05) is 0 Å². The van der Waals surface area contributed by atoms with E-state index >= 15 is 0 Å². The summed E-state index contributed by atoms with van der Waals surface area (Å²) in [5.74, 6) is 2.15. The fourth-order valence-corrected chi connectivity index (χ4v) is 1.24. The summed E-state index contributed by atoms with van der Waals surface area (Å²) >= 11 is 0. The number of allylic oxidation sites excluding steroid dienone is 2. The number of esters is 1. The summed E-state index contributed by atoms with van der Waals surface area (Å²) in [5.41, 5.74) is 0. The van der Waals surface area contributed by atoms with Crippen molar-refractivity contribution in [2.45, 2.75) is 19.3 Å². The summed E-state index contributed by atoms with van der Waals surface area (Å²) in [7, 11) is 0. The number of terminal acetylenes is 1. The van der Waals surface area contributed by atoms with Crippen molar-refractivity contribution in [1.82, 2.24) is 0 Å². The first-order chi connectivity index (χ1) is 5.84. The second-order valence-corrected chi connectivity index (χ2v) is 2.79. The van der Waals surface area contributed by atoms with Gasteiger partial charge in [-0.3, -0.25) is 4.79 Å². The minimum atomic E-state index is -0.155. The van der Waals surface area contributed by atoms with E-state index in [0.29, 0.717) is 0 Å². The van der Waals surface area contributed by atoms with Crippen molar-refractivity contribution in [3.63, 3.8) is 0 Å². The molecule has 1 aliphatic rings. The third-order valence-corrected chi connectivity index (χ3v) is 1.90. The van der Waals surface area contributed by atoms with Gasteiger partial charge in [-0.25, -0.2) is 0 Å². The normalized spacial score (nSPS) is 21.4. The first kappa shape index (κ1) is 8.86. The summed E-state index contributed by atoms with van der Waals surface area (Å²) in [6.07, 6.45) is 11.7. The van der Waals surface area contributed by atoms with Crippen molar-refractivity contribution in [3.05, 3.63) is 12.2 Å². The third-order valence-electron chi connectivity index (χ3n) is 1.90. The Bertz CT molecular complexity index is 222. The maximum Gasteiger partial charge on any atom is 0.310 e. The molecule has 12 heavy (non-hydrogen) atoms. The smallest absolute Gasteiger partial charge is 0.310 e. The Balaban J connectivity index is 2.32. The lowest BCUT2D eigenvalue weighted by atomic mass is 9.95. The Morgan fingerprint density at radius 2 is 2.50 bits per heavy atom. The molecule has 0 radical (unpaired) electrons. The molecule has 1 rings (SSSR count). The molecule has 0 spiro atoms. The standard InChI is InChI=1S/C10H12O2/c1-2-8-12-10(11)9-6-4-3-5-7-9/h1,3-4,9H,5-8H2. The molecular formula is C10H12O2. The van der Waals surface area contributed by atoms with Gasteiger partial charge in [0.15, 0.2) is 6.61 Å². The van der Waals surface area contributed by atoms with Gasteiger partial charge in [0.1, 0.15) is 0 Å². The van der Waals surface area contributed by atoms with Crippen LogP contribution in [0.4, 0.5) is 0 Å². The van der Waals surface area contributed by atoms with E-state index in [1.165, 1.54) is 0 Å². The van der Waals surface area contributed by atoms with Crippen LogP contribution in [0.3, 0.4) is 0 Å². The quantitative estimate of drug-likeness (QED) is 0.351. The molecule has 0 aromatic heterocycles. The van der Waals surface area contributed by atoms with Crippen LogP contribution in [0.5, 0.6) is 0 Å². The Kier molecular flexibility index (Phi) is 3.40. The van der Waals surface area contributed by atoms with E-state index in [1.807, 2.05) is 6.08 Å². The van der Waals surface area contributed by atoms with E-state index in [9.17, 15) is 4.79 Å². The van der Waals surface area contributed by atoms with Gasteiger partial charge in [-0.1, -0.05) is 18.1 Å². The van der Waals surface area contributed by atoms with E-state index < -0.39 is 0 Å². The van der Waals surface area contributed by atoms with Gasteiger partial charge >= 0.3 is 5.97 Å². The molecule has 1 unspecified atom stereocenters. The summed E-state index contributed by atoms with van der Waals surface area (Å²) < 4.78 is 4.82. The number of carbonyl (C=O) groups excluding carboxylic acids is 1. The largest absolute Gasteiger partial charge is 0.452 e. The van der Waals surface area contributed by atoms with Gasteiger partial charge < -0.3 is 4.74 Å². The van der Waals surface area contributed by atoms with Crippen LogP contribution in [0.1, 0.15) is 19.3 Å². The lowest BCUT2D eigenvalue weighted by molar-refractivity contribution is -0.147. The molecule has 0 aromatic carbocycles. The lowest BCUT2D eigenvalue weighted by Crippen LogP contribution is -2.18. The molecule has 2 heteroatoms. The summed E-state index contributed by atoms with van der Waals surface area (Å²) in [4.78, 5) is 11.2. The van der Waals surface area contributed by atoms with E-state index in [0.717, 1.165) is 19.3 Å². The topological polar surface area (TPSA) is 26.3 Å². The van der Waals surface area contributed by atoms with Crippen LogP contribution in [0.2, 0.25) is 0 Å². The summed E-state index contributed by atoms with van der Waals surface area (Å²) in [5, 5.41) is 0. The van der Waals surface area contributed by atoms with Crippen LogP contribution in [0.15, 0.2) is 12.2 Å². The van der Waals surface area contributed by atoms with Gasteiger partial charge in [-0.15, -0.1) is 6.42 Å². The van der Waals surface area contributed by atoms with Crippen molar-refractivity contribution < 1.29 is 9.53 Å². The predicted molar refractivity (Wildman–Crippen MR) is 46.3 cm³/mol. The molecule has 64 valence electrons. The van der Waals surface area contributed by atoms with E-state index in [2.05, 4.69) is 12.0 Å². The number of carbonyl (C=O) groups is 1. The van der Waals surface area contributed by atoms with E-state index in [4.69, 9.17) is 11.2 Å². The van der Waals surface area contributed by atoms with Gasteiger partial charge in [-0.2, -0.15) is 0 Å². The van der Waals surface area contributed by atoms with Crippen molar-refractivity contribution in [2.75, 3.05) is 6.61 Å². The first-order valence-corrected chi connectivity index (χ1v) is 4.09. The minimum absolute atomic E-state index is 0.0309. The number of hydrogen-bond acceptors (Lipinski definition) is 2. The summed E-state index contributed by atoms with van der Waals surface area (Å²) in [6.45, 7) is 0.0963. The predicted octanol–water partition coefficient (Wildman–Crippen LogP) is 1.52. The highest BCUT2D eigenvalue weighted by Gasteiger charge is 2.19. The van der Waals surface area contributed by atoms with Crippen molar-refractivity contribution in [2.24, 2.45) is 5.92 Å². The zero-order valence-electron chi connectivity index (χ0n) is 6.95. The van der Waals surface area contributed by atoms with Gasteiger partial charge in [-0.05, 0) is 19.3 Å². The highest BCUT2D eigenvalue weighted by atomic mass is 16.5. The molecule has 1 atom stereocenters. The Morgan fingerprint density at radius 1 is 1.67 bits per heavy atom. The average molecular weight is 164 g/mol. The molecule has 0 amide bonds. The Labute approximate surface area is 72.6 Å². The Hall–Kier alpha value is -1.23. The zero-order valence-corrected chi connectivity index (χ0v) is 6.95. The molecule has 0 aromatic rings. The van der Waals surface area contributed by atoms with Gasteiger partial charge in [0.05, 0.1) is 5.92 Å². The van der Waals surface area contributed by atoms with Gasteiger partial charge in [0.25, 0.3) is 0 Å². The van der Waals surface area contributed by atoms with Crippen LogP contribution >= 0.6 is 0 Å². The molecule has 0 bridgehead atoms. The molecule has 0 fully saturated rings. The van der Waals surface area contributed by atoms with Crippen LogP contribution < -0.4 is 0 Å². The second kappa shape index (κ2) is 4.61. The number of hydrogen-bond donors (Lipinski definition) is 0. The zero-order chi connectivity index (χ0) is 8.81. The molecule has 0 N–H and O–H groups in total. The lowest BCUT2D eigenvalue weighted by Gasteiger charge is -2.14. The maximum absolute atomic E-state index is 11.2. The van der Waals surface area contributed by atoms with Crippen molar-refractivity contribution in [1.29, 1.82) is 0 Å². The van der Waals surface area contributed by atoms with Gasteiger partial charge in [0.2, 0.25) is 0 Å². The highest BCUT2D eigenvalue weighted by molar-refractivity contribution is 5.73. The average Bonchev–Trinajstić information content (AvgIpc) is 2.15. The monoisotopic (exact) mass is 164 g/mol. The molecule has 1 aliphatic carbocycles. The van der Waals surface area contributed by atoms with E-state index in [-0.39, 0.29) is 18.5 Å². The summed E-state index contributed by atoms with van der Waals surface area (Å²) in [6, 6.07) is 0. The molecule has 0 heterocycles. The number of rotatable bonds is 2. The fraction of sp³-hybridized carbons (Fsp3) is 0.500. The second-order valence-electron chi connectivity index (χ2n) is 2.79. The molecule has 2 nitrogen and oxygen atoms in total. The minimum Gasteiger partial charge on any atom is -0.452 e. The third kappa shape index (κ3) is 2.43. The SMILES string of the molecule is C#CCOC(=O)C1CC=CCC1. The maximum atomic E-state index is 11.2. The van der Waals surface area contributed by atoms with Crippen LogP contribution in [-0.4, -0.2) is 12.6 Å². The number of ether oxygens (including phenoxy) is 1. The van der Waals surface area contributed by atoms with Crippen molar-refractivity contribution in [3.8, 4) is 12.3 Å².